The molecule has 0 aromatic carbocycles. The summed E-state index contributed by atoms with van der Waals surface area (Å²) in [7, 11) is 0. The molecular formula is C20H30N4O4. The number of rotatable bonds is 6. The van der Waals surface area contributed by atoms with Crippen LogP contribution in [0.1, 0.15) is 38.3 Å². The SMILES string of the molecule is CCc1cc(N2CC[C@@H](O)[C@](CC3CC3)(C(=O)O)C2)nc(N2CCOCC2)n1. The first-order valence-corrected chi connectivity index (χ1v) is 10.4. The van der Waals surface area contributed by atoms with Crippen molar-refractivity contribution < 1.29 is 19.7 Å². The van der Waals surface area contributed by atoms with Crippen LogP contribution in [0.5, 0.6) is 0 Å². The van der Waals surface area contributed by atoms with Gasteiger partial charge in [0.15, 0.2) is 0 Å². The molecule has 0 spiro atoms. The van der Waals surface area contributed by atoms with Crippen LogP contribution in [0.3, 0.4) is 0 Å². The minimum Gasteiger partial charge on any atom is -0.481 e. The number of nitrogens with zero attached hydrogens (tertiary/aromatic N) is 4. The van der Waals surface area contributed by atoms with Gasteiger partial charge >= 0.3 is 5.97 Å². The van der Waals surface area contributed by atoms with E-state index in [9.17, 15) is 15.0 Å². The van der Waals surface area contributed by atoms with E-state index in [-0.39, 0.29) is 0 Å². The van der Waals surface area contributed by atoms with E-state index in [1.54, 1.807) is 0 Å². The van der Waals surface area contributed by atoms with Gasteiger partial charge in [0.25, 0.3) is 0 Å². The molecule has 2 aliphatic heterocycles. The van der Waals surface area contributed by atoms with Crippen molar-refractivity contribution in [3.63, 3.8) is 0 Å². The number of carboxylic acids is 1. The van der Waals surface area contributed by atoms with Gasteiger partial charge in [-0.15, -0.1) is 0 Å². The van der Waals surface area contributed by atoms with E-state index in [0.29, 0.717) is 51.0 Å². The quantitative estimate of drug-likeness (QED) is 0.750. The Balaban J connectivity index is 1.62. The smallest absolute Gasteiger partial charge is 0.314 e. The number of aliphatic carboxylic acids is 1. The predicted octanol–water partition coefficient (Wildman–Crippen LogP) is 1.32. The molecule has 1 aromatic heterocycles. The third kappa shape index (κ3) is 3.80. The van der Waals surface area contributed by atoms with Gasteiger partial charge in [-0.2, -0.15) is 4.98 Å². The summed E-state index contributed by atoms with van der Waals surface area (Å²) < 4.78 is 5.43. The fourth-order valence-corrected chi connectivity index (χ4v) is 4.33. The summed E-state index contributed by atoms with van der Waals surface area (Å²) in [5.41, 5.74) is -0.170. The van der Waals surface area contributed by atoms with Crippen molar-refractivity contribution in [2.24, 2.45) is 11.3 Å². The number of carboxylic acid groups (broad SMARTS) is 1. The molecule has 0 radical (unpaired) electrons. The van der Waals surface area contributed by atoms with Crippen LogP contribution in [-0.4, -0.2) is 71.6 Å². The van der Waals surface area contributed by atoms with Crippen molar-refractivity contribution in [2.75, 3.05) is 49.2 Å². The van der Waals surface area contributed by atoms with Crippen LogP contribution in [0.2, 0.25) is 0 Å². The number of ether oxygens (including phenoxy) is 1. The van der Waals surface area contributed by atoms with Crippen LogP contribution >= 0.6 is 0 Å². The van der Waals surface area contributed by atoms with Crippen LogP contribution in [0.15, 0.2) is 6.07 Å². The summed E-state index contributed by atoms with van der Waals surface area (Å²) in [6.45, 7) is 5.79. The molecule has 3 aliphatic rings. The zero-order chi connectivity index (χ0) is 19.7. The zero-order valence-corrected chi connectivity index (χ0v) is 16.5. The number of hydrogen-bond acceptors (Lipinski definition) is 7. The van der Waals surface area contributed by atoms with Crippen LogP contribution in [-0.2, 0) is 16.0 Å². The molecule has 1 saturated carbocycles. The van der Waals surface area contributed by atoms with Gasteiger partial charge in [0, 0.05) is 37.9 Å². The van der Waals surface area contributed by atoms with E-state index in [1.165, 1.54) is 0 Å². The molecule has 8 nitrogen and oxygen atoms in total. The second-order valence-electron chi connectivity index (χ2n) is 8.31. The first-order valence-electron chi connectivity index (χ1n) is 10.4. The molecule has 1 aromatic rings. The lowest BCUT2D eigenvalue weighted by Gasteiger charge is -2.44. The maximum Gasteiger partial charge on any atom is 0.314 e. The van der Waals surface area contributed by atoms with Crippen molar-refractivity contribution >= 4 is 17.7 Å². The standard InChI is InChI=1S/C20H30N4O4/c1-2-15-11-17(22-19(21-15)23-7-9-28-10-8-23)24-6-5-16(25)20(13-24,18(26)27)12-14-3-4-14/h11,14,16,25H,2-10,12-13H2,1H3,(H,26,27)/t16-,20-/m1/s1. The Bertz CT molecular complexity index is 720. The molecule has 2 atom stereocenters. The van der Waals surface area contributed by atoms with E-state index in [0.717, 1.165) is 43.9 Å². The van der Waals surface area contributed by atoms with Gasteiger partial charge in [-0.3, -0.25) is 4.79 Å². The average molecular weight is 390 g/mol. The molecule has 0 amide bonds. The third-order valence-corrected chi connectivity index (χ3v) is 6.29. The van der Waals surface area contributed by atoms with E-state index in [2.05, 4.69) is 16.8 Å². The second-order valence-corrected chi connectivity index (χ2v) is 8.31. The lowest BCUT2D eigenvalue weighted by molar-refractivity contribution is -0.158. The molecule has 0 bridgehead atoms. The second kappa shape index (κ2) is 7.83. The van der Waals surface area contributed by atoms with E-state index in [4.69, 9.17) is 9.72 Å². The summed E-state index contributed by atoms with van der Waals surface area (Å²) >= 11 is 0. The Morgan fingerprint density at radius 1 is 1.21 bits per heavy atom. The Morgan fingerprint density at radius 3 is 2.61 bits per heavy atom. The molecular weight excluding hydrogens is 360 g/mol. The number of aliphatic hydroxyl groups is 1. The number of piperidine rings is 1. The summed E-state index contributed by atoms with van der Waals surface area (Å²) in [5, 5.41) is 20.6. The fourth-order valence-electron chi connectivity index (χ4n) is 4.33. The summed E-state index contributed by atoms with van der Waals surface area (Å²) in [6, 6.07) is 1.96. The molecule has 0 unspecified atom stereocenters. The largest absolute Gasteiger partial charge is 0.481 e. The monoisotopic (exact) mass is 390 g/mol. The molecule has 2 N–H and O–H groups in total. The number of aryl methyl sites for hydroxylation is 1. The fraction of sp³-hybridized carbons (Fsp3) is 0.750. The zero-order valence-electron chi connectivity index (χ0n) is 16.5. The molecule has 3 fully saturated rings. The number of anilines is 2. The van der Waals surface area contributed by atoms with Crippen molar-refractivity contribution in [3.8, 4) is 0 Å². The third-order valence-electron chi connectivity index (χ3n) is 6.29. The molecule has 3 heterocycles. The first-order chi connectivity index (χ1) is 13.5. The van der Waals surface area contributed by atoms with Gasteiger partial charge in [0.1, 0.15) is 11.2 Å². The van der Waals surface area contributed by atoms with Crippen LogP contribution in [0.25, 0.3) is 0 Å². The normalized spacial score (nSPS) is 28.4. The molecule has 1 aliphatic carbocycles. The van der Waals surface area contributed by atoms with Crippen molar-refractivity contribution in [2.45, 2.75) is 45.1 Å². The van der Waals surface area contributed by atoms with Crippen LogP contribution in [0.4, 0.5) is 11.8 Å². The average Bonchev–Trinajstić information content (AvgIpc) is 3.53. The van der Waals surface area contributed by atoms with Gasteiger partial charge in [0.2, 0.25) is 5.95 Å². The highest BCUT2D eigenvalue weighted by Crippen LogP contribution is 2.45. The number of aliphatic hydroxyl groups excluding tert-OH is 1. The van der Waals surface area contributed by atoms with Crippen molar-refractivity contribution in [1.29, 1.82) is 0 Å². The van der Waals surface area contributed by atoms with E-state index < -0.39 is 17.5 Å². The lowest BCUT2D eigenvalue weighted by atomic mass is 9.73. The Morgan fingerprint density at radius 2 is 1.96 bits per heavy atom. The predicted molar refractivity (Wildman–Crippen MR) is 105 cm³/mol. The Hall–Kier alpha value is -1.93. The van der Waals surface area contributed by atoms with Crippen molar-refractivity contribution in [1.82, 2.24) is 9.97 Å². The topological polar surface area (TPSA) is 99.0 Å². The van der Waals surface area contributed by atoms with Gasteiger partial charge in [-0.1, -0.05) is 19.8 Å². The van der Waals surface area contributed by atoms with E-state index >= 15 is 0 Å². The number of carbonyl (C=O) groups is 1. The van der Waals surface area contributed by atoms with Crippen LogP contribution < -0.4 is 9.80 Å². The number of aromatic nitrogens is 2. The Labute approximate surface area is 165 Å². The lowest BCUT2D eigenvalue weighted by Crippen LogP contribution is -2.56. The molecule has 2 saturated heterocycles. The van der Waals surface area contributed by atoms with Gasteiger partial charge in [0.05, 0.1) is 19.3 Å². The maximum atomic E-state index is 12.2. The molecule has 28 heavy (non-hydrogen) atoms. The highest BCUT2D eigenvalue weighted by atomic mass is 16.5. The molecule has 154 valence electrons. The Kier molecular flexibility index (Phi) is 5.42. The summed E-state index contributed by atoms with van der Waals surface area (Å²) in [4.78, 5) is 25.8. The summed E-state index contributed by atoms with van der Waals surface area (Å²) in [5.74, 6) is 0.981. The first kappa shape index (κ1) is 19.4. The number of morpholine rings is 1. The maximum absolute atomic E-state index is 12.2. The minimum atomic E-state index is -1.12. The van der Waals surface area contributed by atoms with Gasteiger partial charge < -0.3 is 24.7 Å². The minimum absolute atomic E-state index is 0.294. The molecule has 8 heteroatoms. The molecule has 4 rings (SSSR count). The van der Waals surface area contributed by atoms with Gasteiger partial charge in [-0.25, -0.2) is 4.98 Å². The highest BCUT2D eigenvalue weighted by molar-refractivity contribution is 5.77. The van der Waals surface area contributed by atoms with E-state index in [1.807, 2.05) is 11.0 Å². The van der Waals surface area contributed by atoms with Crippen LogP contribution in [0, 0.1) is 11.3 Å². The summed E-state index contributed by atoms with van der Waals surface area (Å²) in [6.07, 6.45) is 3.09. The van der Waals surface area contributed by atoms with Gasteiger partial charge in [-0.05, 0) is 25.2 Å². The highest BCUT2D eigenvalue weighted by Gasteiger charge is 2.52. The van der Waals surface area contributed by atoms with Crippen molar-refractivity contribution in [3.05, 3.63) is 11.8 Å². The number of hydrogen-bond donors (Lipinski definition) is 2.